The van der Waals surface area contributed by atoms with Crippen LogP contribution in [0.15, 0.2) is 65.7 Å². The van der Waals surface area contributed by atoms with E-state index < -0.39 is 132 Å². The quantitative estimate of drug-likeness (QED) is 0.0214. The number of amides is 12. The van der Waals surface area contributed by atoms with E-state index in [9.17, 15) is 57.5 Å². The highest BCUT2D eigenvalue weighted by Crippen LogP contribution is 2.24. The summed E-state index contributed by atoms with van der Waals surface area (Å²) >= 11 is 1.55. The molecule has 21 N–H and O–H groups in total. The van der Waals surface area contributed by atoms with E-state index >= 15 is 0 Å². The molecule has 4 rings (SSSR count). The summed E-state index contributed by atoms with van der Waals surface area (Å²) in [5.74, 6) is -7.66. The highest BCUT2D eigenvalue weighted by Gasteiger charge is 2.42. The number of carbonyl (C=O) groups excluding carboxylic acids is 12. The van der Waals surface area contributed by atoms with Crippen molar-refractivity contribution in [3.8, 4) is 0 Å². The molecule has 96 heavy (non-hydrogen) atoms. The van der Waals surface area contributed by atoms with E-state index in [0.29, 0.717) is 100 Å². The zero-order chi connectivity index (χ0) is 70.7. The first-order valence-electron chi connectivity index (χ1n) is 33.5. The van der Waals surface area contributed by atoms with E-state index in [2.05, 4.69) is 42.2 Å². The average molecular weight is 1360 g/mol. The summed E-state index contributed by atoms with van der Waals surface area (Å²) in [5.41, 5.74) is 40.9. The molecule has 0 saturated carbocycles. The van der Waals surface area contributed by atoms with E-state index in [0.717, 1.165) is 0 Å². The maximum Gasteiger partial charge on any atom is 0.245 e. The number of hydrogen-bond acceptors (Lipinski definition) is 16. The van der Waals surface area contributed by atoms with E-state index in [-0.39, 0.29) is 94.8 Å². The van der Waals surface area contributed by atoms with Crippen molar-refractivity contribution >= 4 is 88.6 Å². The lowest BCUT2D eigenvalue weighted by Gasteiger charge is -2.32. The number of nitrogens with two attached hydrogens (primary N) is 7. The fourth-order valence-corrected chi connectivity index (χ4v) is 12.2. The molecule has 2 aliphatic heterocycles. The van der Waals surface area contributed by atoms with E-state index in [1.165, 1.54) is 9.80 Å². The molecule has 2 aromatic rings. The molecule has 532 valence electrons. The summed E-state index contributed by atoms with van der Waals surface area (Å²) in [6, 6.07) is 7.01. The van der Waals surface area contributed by atoms with Crippen LogP contribution in [0.2, 0.25) is 0 Å². The summed E-state index contributed by atoms with van der Waals surface area (Å²) in [6.45, 7) is 5.19. The normalized spacial score (nSPS) is 16.9. The predicted molar refractivity (Wildman–Crippen MR) is 366 cm³/mol. The SMILES string of the molecule is CSCC[C@H](NC(=O)C(CCCCCNC(=O)[C@H](Cc1ccccc1)NC(=O)[C@H](Cc1ccccc1)NC(=O)[C@H](CCC(N)=O)NC(=O)[C@H](CCC(N)=O)NC(=O)[C@@H]1CCCN1C(=O)[C@H](CCCCN)NC(=O)[C@@H]1CCCN1C(=O)[C@@H](N)CCCN=C(N)N)CC(C)C)C(N)=O. The number of benzene rings is 2. The molecule has 10 atom stereocenters. The second kappa shape index (κ2) is 42.9. The van der Waals surface area contributed by atoms with Crippen molar-refractivity contribution in [3.63, 3.8) is 0 Å². The molecule has 0 bridgehead atoms. The topological polar surface area (TPSA) is 490 Å². The van der Waals surface area contributed by atoms with E-state index in [1.54, 1.807) is 72.4 Å². The zero-order valence-corrected chi connectivity index (χ0v) is 56.7. The molecule has 12 amide bonds. The van der Waals surface area contributed by atoms with Gasteiger partial charge < -0.3 is 87.2 Å². The highest BCUT2D eigenvalue weighted by molar-refractivity contribution is 7.98. The van der Waals surface area contributed by atoms with Gasteiger partial charge in [-0.3, -0.25) is 62.5 Å². The van der Waals surface area contributed by atoms with Crippen molar-refractivity contribution in [1.29, 1.82) is 0 Å². The van der Waals surface area contributed by atoms with Crippen molar-refractivity contribution < 1.29 is 57.5 Å². The van der Waals surface area contributed by atoms with Gasteiger partial charge in [0.25, 0.3) is 0 Å². The molecule has 0 aliphatic carbocycles. The molecule has 2 aliphatic rings. The number of nitrogens with zero attached hydrogens (tertiary/aromatic N) is 3. The van der Waals surface area contributed by atoms with Crippen LogP contribution in [-0.2, 0) is 70.4 Å². The number of rotatable bonds is 45. The third-order valence-electron chi connectivity index (χ3n) is 16.9. The Morgan fingerprint density at radius 2 is 1.02 bits per heavy atom. The van der Waals surface area contributed by atoms with Crippen molar-refractivity contribution in [2.45, 2.75) is 203 Å². The predicted octanol–water partition coefficient (Wildman–Crippen LogP) is -1.02. The van der Waals surface area contributed by atoms with Gasteiger partial charge in [-0.05, 0) is 132 Å². The molecular formula is C66H105N17O12S. The lowest BCUT2D eigenvalue weighted by Crippen LogP contribution is -2.60. The molecule has 30 heteroatoms. The number of thioether (sulfide) groups is 1. The molecule has 0 radical (unpaired) electrons. The minimum absolute atomic E-state index is 0.0538. The van der Waals surface area contributed by atoms with Crippen molar-refractivity contribution in [2.75, 3.05) is 44.7 Å². The molecular weight excluding hydrogens is 1250 g/mol. The smallest absolute Gasteiger partial charge is 0.245 e. The number of primary amides is 3. The molecule has 2 aromatic carbocycles. The third-order valence-corrected chi connectivity index (χ3v) is 17.5. The average Bonchev–Trinajstić information content (AvgIpc) is 1.61. The Balaban J connectivity index is 1.52. The van der Waals surface area contributed by atoms with Crippen LogP contribution in [0.25, 0.3) is 0 Å². The number of guanidine groups is 1. The van der Waals surface area contributed by atoms with Crippen LogP contribution in [0.3, 0.4) is 0 Å². The second-order valence-electron chi connectivity index (χ2n) is 25.1. The first kappa shape index (κ1) is 80.1. The summed E-state index contributed by atoms with van der Waals surface area (Å²) in [7, 11) is 0. The Morgan fingerprint density at radius 1 is 0.531 bits per heavy atom. The fraction of sp³-hybridized carbons (Fsp3) is 0.621. The van der Waals surface area contributed by atoms with Crippen LogP contribution in [-0.4, -0.2) is 186 Å². The van der Waals surface area contributed by atoms with Gasteiger partial charge in [0.05, 0.1) is 6.04 Å². The molecule has 2 heterocycles. The maximum absolute atomic E-state index is 14.7. The van der Waals surface area contributed by atoms with Crippen molar-refractivity contribution in [3.05, 3.63) is 71.8 Å². The minimum Gasteiger partial charge on any atom is -0.370 e. The lowest BCUT2D eigenvalue weighted by atomic mass is 9.91. The highest BCUT2D eigenvalue weighted by atomic mass is 32.2. The number of hydrogen-bond donors (Lipinski definition) is 14. The molecule has 2 saturated heterocycles. The molecule has 1 unspecified atom stereocenters. The van der Waals surface area contributed by atoms with Gasteiger partial charge in [0.2, 0.25) is 70.9 Å². The Labute approximate surface area is 567 Å². The number of aliphatic imine (C=N–C) groups is 1. The second-order valence-corrected chi connectivity index (χ2v) is 26.1. The van der Waals surface area contributed by atoms with Crippen LogP contribution in [0.5, 0.6) is 0 Å². The third kappa shape index (κ3) is 28.5. The van der Waals surface area contributed by atoms with Crippen LogP contribution < -0.4 is 77.4 Å². The largest absolute Gasteiger partial charge is 0.370 e. The first-order valence-corrected chi connectivity index (χ1v) is 34.9. The summed E-state index contributed by atoms with van der Waals surface area (Å²) in [5, 5.41) is 19.4. The lowest BCUT2D eigenvalue weighted by molar-refractivity contribution is -0.144. The zero-order valence-electron chi connectivity index (χ0n) is 55.9. The Hall–Kier alpha value is -8.38. The summed E-state index contributed by atoms with van der Waals surface area (Å²) in [4.78, 5) is 171. The fourth-order valence-electron chi connectivity index (χ4n) is 11.8. The summed E-state index contributed by atoms with van der Waals surface area (Å²) in [6.07, 6.45) is 6.74. The minimum atomic E-state index is -1.58. The van der Waals surface area contributed by atoms with Crippen molar-refractivity contribution in [1.82, 2.24) is 47.0 Å². The first-order chi connectivity index (χ1) is 45.8. The Bertz CT molecular complexity index is 2910. The number of nitrogens with one attached hydrogen (secondary N) is 7. The van der Waals surface area contributed by atoms with Gasteiger partial charge in [-0.1, -0.05) is 87.4 Å². The van der Waals surface area contributed by atoms with Crippen molar-refractivity contribution in [2.24, 2.45) is 57.0 Å². The van der Waals surface area contributed by atoms with Gasteiger partial charge in [0.15, 0.2) is 5.96 Å². The van der Waals surface area contributed by atoms with Crippen LogP contribution >= 0.6 is 11.8 Å². The summed E-state index contributed by atoms with van der Waals surface area (Å²) < 4.78 is 0. The number of unbranched alkanes of at least 4 members (excludes halogenated alkanes) is 3. The Kier molecular flexibility index (Phi) is 35.8. The molecule has 29 nitrogen and oxygen atoms in total. The maximum atomic E-state index is 14.7. The molecule has 2 fully saturated rings. The number of likely N-dealkylation sites (tertiary alicyclic amines) is 2. The van der Waals surface area contributed by atoms with Gasteiger partial charge in [-0.2, -0.15) is 11.8 Å². The van der Waals surface area contributed by atoms with Crippen LogP contribution in [0, 0.1) is 11.8 Å². The molecule has 0 spiro atoms. The monoisotopic (exact) mass is 1360 g/mol. The van der Waals surface area contributed by atoms with E-state index in [4.69, 9.17) is 40.1 Å². The molecule has 0 aromatic heterocycles. The van der Waals surface area contributed by atoms with Gasteiger partial charge in [-0.15, -0.1) is 0 Å². The van der Waals surface area contributed by atoms with Gasteiger partial charge in [0.1, 0.15) is 48.3 Å². The van der Waals surface area contributed by atoms with Crippen LogP contribution in [0.1, 0.15) is 147 Å². The van der Waals surface area contributed by atoms with Crippen LogP contribution in [0.4, 0.5) is 0 Å². The van der Waals surface area contributed by atoms with Gasteiger partial charge in [0, 0.05) is 57.8 Å². The van der Waals surface area contributed by atoms with Gasteiger partial charge in [-0.25, -0.2) is 0 Å². The number of carbonyl (C=O) groups is 12. The van der Waals surface area contributed by atoms with E-state index in [1.807, 2.05) is 20.1 Å². The van der Waals surface area contributed by atoms with Gasteiger partial charge >= 0.3 is 0 Å². The Morgan fingerprint density at radius 3 is 1.53 bits per heavy atom. The standard InChI is InChI=1S/C66H105N17O12S/c1-41(2)38-44(57(87)76-46(56(71)86)31-37-96-3)22-11-6-14-33-74-58(88)50(39-42-18-7-4-8-19-42)80-61(91)51(40-43-20-9-5-10-21-43)81-60(90)47(27-29-54(69)84)77-59(89)48(28-30-55(70)85)78-62(92)53-26-17-36-83(53)65(95)49(24-12-13-32-67)79-63(93)52-25-16-35-82(52)64(94)45(68)23-15-34-75-66(72)73/h4-5,7-10,18-21,41,44-53H,6,11-17,22-40,67-68H2,1-3H3,(H2,69,84)(H2,70,85)(H2,71,86)(H,74,88)(H,76,87)(H,77,89)(H,78,92)(H,79,93)(H,80,91)(H,81,90)(H4,72,73,75)/t44?,45-,46-,47-,48-,49-,50-,51-,52-,53-/m0/s1.